The van der Waals surface area contributed by atoms with Gasteiger partial charge in [-0.2, -0.15) is 9.97 Å². The van der Waals surface area contributed by atoms with E-state index in [2.05, 4.69) is 14.9 Å². The number of aromatic nitrogens is 3. The van der Waals surface area contributed by atoms with Crippen molar-refractivity contribution in [1.29, 1.82) is 0 Å². The van der Waals surface area contributed by atoms with Crippen LogP contribution in [0.1, 0.15) is 33.6 Å². The fourth-order valence-corrected chi connectivity index (χ4v) is 6.39. The Kier molecular flexibility index (Phi) is 5.39. The molecule has 2 fully saturated rings. The molecule has 3 aromatic rings. The lowest BCUT2D eigenvalue weighted by atomic mass is 10.1. The van der Waals surface area contributed by atoms with Crippen LogP contribution in [-0.4, -0.2) is 67.5 Å². The number of carbonyl (C=O) groups is 1. The number of thiophene rings is 1. The van der Waals surface area contributed by atoms with Gasteiger partial charge in [-0.15, -0.1) is 11.3 Å². The summed E-state index contributed by atoms with van der Waals surface area (Å²) in [5, 5.41) is 2.56. The van der Waals surface area contributed by atoms with E-state index in [1.807, 2.05) is 31.7 Å². The molecule has 2 aliphatic rings. The van der Waals surface area contributed by atoms with Gasteiger partial charge in [-0.1, -0.05) is 11.6 Å². The normalized spacial score (nSPS) is 22.1. The lowest BCUT2D eigenvalue weighted by Gasteiger charge is -2.41. The number of nitrogens with zero attached hydrogens (tertiary/aromatic N) is 5. The molecule has 0 radical (unpaired) electrons. The van der Waals surface area contributed by atoms with Crippen LogP contribution in [0.3, 0.4) is 0 Å². The van der Waals surface area contributed by atoms with Gasteiger partial charge < -0.3 is 14.2 Å². The Balaban J connectivity index is 1.56. The maximum absolute atomic E-state index is 12.8. The summed E-state index contributed by atoms with van der Waals surface area (Å²) in [7, 11) is 0. The molecule has 0 aromatic carbocycles. The van der Waals surface area contributed by atoms with Crippen molar-refractivity contribution in [3.8, 4) is 0 Å². The fourth-order valence-electron chi connectivity index (χ4n) is 4.58. The summed E-state index contributed by atoms with van der Waals surface area (Å²) in [5.41, 5.74) is -0.532. The van der Waals surface area contributed by atoms with Crippen molar-refractivity contribution in [1.82, 2.24) is 19.9 Å². The van der Waals surface area contributed by atoms with Crippen molar-refractivity contribution in [3.63, 3.8) is 0 Å². The number of pyridine rings is 1. The Morgan fingerprint density at radius 1 is 1.28 bits per heavy atom. The van der Waals surface area contributed by atoms with Crippen LogP contribution in [0.15, 0.2) is 17.4 Å². The van der Waals surface area contributed by atoms with Crippen LogP contribution in [0, 0.1) is 0 Å². The van der Waals surface area contributed by atoms with Gasteiger partial charge in [-0.05, 0) is 39.7 Å². The molecule has 3 atom stereocenters. The van der Waals surface area contributed by atoms with Gasteiger partial charge in [-0.25, -0.2) is 9.78 Å². The van der Waals surface area contributed by atoms with Gasteiger partial charge in [0, 0.05) is 35.8 Å². The number of piperazine rings is 1. The Bertz CT molecular complexity index is 1200. The smallest absolute Gasteiger partial charge is 0.410 e. The lowest BCUT2D eigenvalue weighted by Crippen LogP contribution is -2.57. The van der Waals surface area contributed by atoms with Crippen LogP contribution in [-0.2, 0) is 15.9 Å². The molecule has 170 valence electrons. The van der Waals surface area contributed by atoms with E-state index in [0.29, 0.717) is 23.4 Å². The third-order valence-electron chi connectivity index (χ3n) is 5.81. The summed E-state index contributed by atoms with van der Waals surface area (Å²) >= 11 is 6.46. The standard InChI is InChI=1S/C21H24ClN5O3S2/c1-21(2,3)30-20(28)27-11-5-6-12(27)10-26(9-11)17-14-13-7-8-23-16(22)15(13)31-18(14)25-19(24-17)32(4)29/h7-8,11-12H,5-6,9-10H2,1-4H3/t11-,12+,32?. The van der Waals surface area contributed by atoms with E-state index in [1.54, 1.807) is 12.5 Å². The van der Waals surface area contributed by atoms with Crippen LogP contribution < -0.4 is 4.90 Å². The first-order chi connectivity index (χ1) is 15.1. The first-order valence-electron chi connectivity index (χ1n) is 10.5. The summed E-state index contributed by atoms with van der Waals surface area (Å²) in [5.74, 6) is 0.745. The van der Waals surface area contributed by atoms with Crippen molar-refractivity contribution in [3.05, 3.63) is 17.4 Å². The van der Waals surface area contributed by atoms with Gasteiger partial charge in [-0.3, -0.25) is 4.90 Å². The van der Waals surface area contributed by atoms with Crippen LogP contribution >= 0.6 is 22.9 Å². The number of hydrogen-bond donors (Lipinski definition) is 0. The zero-order valence-corrected chi connectivity index (χ0v) is 20.7. The third-order valence-corrected chi connectivity index (χ3v) is 8.01. The molecule has 1 unspecified atom stereocenters. The van der Waals surface area contributed by atoms with E-state index in [0.717, 1.165) is 39.0 Å². The Hall–Kier alpha value is -1.88. The Labute approximate surface area is 198 Å². The first-order valence-corrected chi connectivity index (χ1v) is 13.2. The molecule has 3 aromatic heterocycles. The van der Waals surface area contributed by atoms with Crippen LogP contribution in [0.4, 0.5) is 10.6 Å². The second-order valence-corrected chi connectivity index (χ2v) is 11.9. The molecule has 11 heteroatoms. The van der Waals surface area contributed by atoms with E-state index >= 15 is 0 Å². The second-order valence-electron chi connectivity index (χ2n) is 9.22. The minimum absolute atomic E-state index is 0.0411. The summed E-state index contributed by atoms with van der Waals surface area (Å²) in [6.07, 6.45) is 4.84. The SMILES string of the molecule is C[S+]([O-])c1nc(N2C[C@H]3CC[C@@H](C2)N3C(=O)OC(C)(C)C)c2c(n1)sc1c(Cl)nccc12. The summed E-state index contributed by atoms with van der Waals surface area (Å²) in [6.45, 7) is 6.92. The molecule has 5 rings (SSSR count). The van der Waals surface area contributed by atoms with Gasteiger partial charge in [0.1, 0.15) is 27.7 Å². The highest BCUT2D eigenvalue weighted by Gasteiger charge is 2.45. The predicted octanol–water partition coefficient (Wildman–Crippen LogP) is 4.22. The largest absolute Gasteiger partial charge is 0.609 e. The lowest BCUT2D eigenvalue weighted by molar-refractivity contribution is 0.0123. The quantitative estimate of drug-likeness (QED) is 0.299. The Morgan fingerprint density at radius 3 is 2.59 bits per heavy atom. The molecule has 0 aliphatic carbocycles. The van der Waals surface area contributed by atoms with Crippen molar-refractivity contribution in [2.24, 2.45) is 0 Å². The number of carbonyl (C=O) groups excluding carboxylic acids is 1. The van der Waals surface area contributed by atoms with Crippen molar-refractivity contribution in [2.45, 2.75) is 56.5 Å². The van der Waals surface area contributed by atoms with Gasteiger partial charge in [0.25, 0.3) is 0 Å². The number of anilines is 1. The summed E-state index contributed by atoms with van der Waals surface area (Å²) < 4.78 is 18.8. The van der Waals surface area contributed by atoms with Crippen molar-refractivity contribution in [2.75, 3.05) is 24.2 Å². The predicted molar refractivity (Wildman–Crippen MR) is 127 cm³/mol. The van der Waals surface area contributed by atoms with Crippen molar-refractivity contribution < 1.29 is 14.1 Å². The zero-order valence-electron chi connectivity index (χ0n) is 18.3. The van der Waals surface area contributed by atoms with Gasteiger partial charge in [0.05, 0.1) is 22.2 Å². The molecule has 32 heavy (non-hydrogen) atoms. The number of halogens is 1. The average molecular weight is 494 g/mol. The monoisotopic (exact) mass is 493 g/mol. The van der Waals surface area contributed by atoms with Crippen LogP contribution in [0.25, 0.3) is 20.3 Å². The topological polar surface area (TPSA) is 94.5 Å². The molecular formula is C21H24ClN5O3S2. The number of rotatable bonds is 2. The van der Waals surface area contributed by atoms with Gasteiger partial charge in [0.15, 0.2) is 0 Å². The van der Waals surface area contributed by atoms with E-state index in [9.17, 15) is 9.35 Å². The average Bonchev–Trinajstić information content (AvgIpc) is 3.21. The molecule has 2 bridgehead atoms. The molecule has 0 spiro atoms. The maximum Gasteiger partial charge on any atom is 0.410 e. The maximum atomic E-state index is 12.8. The molecule has 5 heterocycles. The fraction of sp³-hybridized carbons (Fsp3) is 0.524. The van der Waals surface area contributed by atoms with E-state index < -0.39 is 16.8 Å². The molecule has 1 amide bonds. The van der Waals surface area contributed by atoms with E-state index in [1.165, 1.54) is 11.3 Å². The zero-order chi connectivity index (χ0) is 22.8. The summed E-state index contributed by atoms with van der Waals surface area (Å²) in [4.78, 5) is 31.2. The van der Waals surface area contributed by atoms with Gasteiger partial charge >= 0.3 is 11.2 Å². The van der Waals surface area contributed by atoms with Crippen LogP contribution in [0.5, 0.6) is 0 Å². The highest BCUT2D eigenvalue weighted by Crippen LogP contribution is 2.42. The number of fused-ring (bicyclic) bond motifs is 5. The summed E-state index contributed by atoms with van der Waals surface area (Å²) in [6, 6.07) is 2.00. The van der Waals surface area contributed by atoms with Gasteiger partial charge in [0.2, 0.25) is 0 Å². The number of hydrogen-bond acceptors (Lipinski definition) is 8. The minimum atomic E-state index is -1.33. The second kappa shape index (κ2) is 7.86. The highest BCUT2D eigenvalue weighted by molar-refractivity contribution is 7.90. The minimum Gasteiger partial charge on any atom is -0.609 e. The van der Waals surface area contributed by atoms with Crippen LogP contribution in [0.2, 0.25) is 5.15 Å². The first kappa shape index (κ1) is 21.9. The molecular weight excluding hydrogens is 470 g/mol. The Morgan fingerprint density at radius 2 is 1.97 bits per heavy atom. The third kappa shape index (κ3) is 3.76. The van der Waals surface area contributed by atoms with Crippen molar-refractivity contribution >= 4 is 66.3 Å². The molecule has 0 saturated carbocycles. The molecule has 8 nitrogen and oxygen atoms in total. The number of ether oxygens (including phenoxy) is 1. The molecule has 0 N–H and O–H groups in total. The number of amides is 1. The van der Waals surface area contributed by atoms with E-state index in [4.69, 9.17) is 21.3 Å². The highest BCUT2D eigenvalue weighted by atomic mass is 35.5. The molecule has 2 saturated heterocycles. The molecule has 2 aliphatic heterocycles. The van der Waals surface area contributed by atoms with E-state index in [-0.39, 0.29) is 18.2 Å².